The molecule has 0 saturated carbocycles. The quantitative estimate of drug-likeness (QED) is 0.557. The summed E-state index contributed by atoms with van der Waals surface area (Å²) in [4.78, 5) is 12.2. The fraction of sp³-hybridized carbons (Fsp3) is 0.333. The second-order valence-electron chi connectivity index (χ2n) is 6.81. The highest BCUT2D eigenvalue weighted by molar-refractivity contribution is 5.96. The number of amides is 1. The van der Waals surface area contributed by atoms with Gasteiger partial charge in [-0.2, -0.15) is 5.26 Å². The maximum atomic E-state index is 12.2. The molecule has 0 aliphatic rings. The van der Waals surface area contributed by atoms with Crippen LogP contribution in [-0.4, -0.2) is 32.8 Å². The molecule has 0 saturated heterocycles. The van der Waals surface area contributed by atoms with Crippen LogP contribution in [0.1, 0.15) is 37.8 Å². The molecule has 0 spiro atoms. The van der Waals surface area contributed by atoms with Gasteiger partial charge in [0.05, 0.1) is 38.6 Å². The standard InChI is InChI=1S/C24H29N3O4/c1-5-31-23-15-18(10-12-22(23)30-4)19(8-6-7-13-25)17-9-11-21(29-3)20(14-17)27-24(28)16(2)26/h8-12,14-16H,5-7,26H2,1-4H3,(H,27,28)/b19-8+/t16-/m1/s1. The molecule has 1 amide bonds. The van der Waals surface area contributed by atoms with E-state index in [4.69, 9.17) is 25.2 Å². The van der Waals surface area contributed by atoms with Gasteiger partial charge in [-0.3, -0.25) is 4.79 Å². The number of benzene rings is 2. The van der Waals surface area contributed by atoms with Crippen LogP contribution >= 0.6 is 0 Å². The van der Waals surface area contributed by atoms with E-state index in [-0.39, 0.29) is 5.91 Å². The van der Waals surface area contributed by atoms with Crippen molar-refractivity contribution in [3.05, 3.63) is 53.6 Å². The summed E-state index contributed by atoms with van der Waals surface area (Å²) < 4.78 is 16.5. The number of unbranched alkanes of at least 4 members (excludes halogenated alkanes) is 1. The predicted octanol–water partition coefficient (Wildman–Crippen LogP) is 4.12. The first-order valence-corrected chi connectivity index (χ1v) is 10.1. The van der Waals surface area contributed by atoms with Crippen LogP contribution in [0.2, 0.25) is 0 Å². The first kappa shape index (κ1) is 23.8. The SMILES string of the molecule is CCOc1cc(/C(=C/CCC#N)c2ccc(OC)c(NC(=O)[C@@H](C)N)c2)ccc1OC. The Hall–Kier alpha value is -3.50. The Balaban J connectivity index is 2.56. The van der Waals surface area contributed by atoms with Gasteiger partial charge in [0.1, 0.15) is 5.75 Å². The molecule has 0 aliphatic carbocycles. The summed E-state index contributed by atoms with van der Waals surface area (Å²) in [7, 11) is 3.14. The molecule has 1 atom stereocenters. The van der Waals surface area contributed by atoms with Gasteiger partial charge in [-0.25, -0.2) is 0 Å². The number of hydrogen-bond acceptors (Lipinski definition) is 6. The van der Waals surface area contributed by atoms with Gasteiger partial charge in [0.2, 0.25) is 5.91 Å². The fourth-order valence-corrected chi connectivity index (χ4v) is 3.02. The van der Waals surface area contributed by atoms with Crippen molar-refractivity contribution in [3.8, 4) is 23.3 Å². The van der Waals surface area contributed by atoms with Gasteiger partial charge < -0.3 is 25.3 Å². The number of ether oxygens (including phenoxy) is 3. The van der Waals surface area contributed by atoms with Crippen molar-refractivity contribution in [2.75, 3.05) is 26.1 Å². The van der Waals surface area contributed by atoms with E-state index in [0.717, 1.165) is 16.7 Å². The molecule has 2 aromatic rings. The first-order valence-electron chi connectivity index (χ1n) is 10.1. The number of rotatable bonds is 10. The molecule has 164 valence electrons. The summed E-state index contributed by atoms with van der Waals surface area (Å²) in [6.45, 7) is 4.03. The lowest BCUT2D eigenvalue weighted by Crippen LogP contribution is -2.32. The van der Waals surface area contributed by atoms with Crippen molar-refractivity contribution in [3.63, 3.8) is 0 Å². The molecule has 0 heterocycles. The normalized spacial score (nSPS) is 11.9. The average molecular weight is 424 g/mol. The first-order chi connectivity index (χ1) is 14.9. The number of allylic oxidation sites excluding steroid dienone is 1. The highest BCUT2D eigenvalue weighted by Crippen LogP contribution is 2.36. The molecule has 3 N–H and O–H groups in total. The molecular weight excluding hydrogens is 394 g/mol. The summed E-state index contributed by atoms with van der Waals surface area (Å²) in [6.07, 6.45) is 2.97. The van der Waals surface area contributed by atoms with E-state index in [0.29, 0.717) is 42.4 Å². The summed E-state index contributed by atoms with van der Waals surface area (Å²) >= 11 is 0. The molecule has 0 bridgehead atoms. The van der Waals surface area contributed by atoms with E-state index in [1.165, 1.54) is 7.11 Å². The lowest BCUT2D eigenvalue weighted by Gasteiger charge is -2.17. The second-order valence-corrected chi connectivity index (χ2v) is 6.81. The van der Waals surface area contributed by atoms with Gasteiger partial charge in [-0.1, -0.05) is 18.2 Å². The van der Waals surface area contributed by atoms with Crippen molar-refractivity contribution in [1.29, 1.82) is 5.26 Å². The monoisotopic (exact) mass is 423 g/mol. The molecule has 7 nitrogen and oxygen atoms in total. The smallest absolute Gasteiger partial charge is 0.241 e. The third-order valence-corrected chi connectivity index (χ3v) is 4.56. The van der Waals surface area contributed by atoms with Crippen molar-refractivity contribution >= 4 is 17.2 Å². The van der Waals surface area contributed by atoms with Gasteiger partial charge in [0.15, 0.2) is 11.5 Å². The van der Waals surface area contributed by atoms with Crippen LogP contribution in [0.15, 0.2) is 42.5 Å². The van der Waals surface area contributed by atoms with E-state index in [1.807, 2.05) is 43.3 Å². The number of nitrogens with zero attached hydrogens (tertiary/aromatic N) is 1. The largest absolute Gasteiger partial charge is 0.495 e. The number of methoxy groups -OCH3 is 2. The molecule has 0 unspecified atom stereocenters. The Morgan fingerprint density at radius 3 is 2.35 bits per heavy atom. The molecule has 31 heavy (non-hydrogen) atoms. The zero-order chi connectivity index (χ0) is 22.8. The summed E-state index contributed by atoms with van der Waals surface area (Å²) in [5, 5.41) is 11.8. The average Bonchev–Trinajstić information content (AvgIpc) is 2.77. The third-order valence-electron chi connectivity index (χ3n) is 4.56. The lowest BCUT2D eigenvalue weighted by atomic mass is 9.95. The Kier molecular flexibility index (Phi) is 8.92. The van der Waals surface area contributed by atoms with Gasteiger partial charge >= 0.3 is 0 Å². The summed E-state index contributed by atoms with van der Waals surface area (Å²) in [6, 6.07) is 12.7. The molecule has 0 fully saturated rings. The number of nitriles is 1. The van der Waals surface area contributed by atoms with Crippen molar-refractivity contribution in [1.82, 2.24) is 0 Å². The topological polar surface area (TPSA) is 107 Å². The highest BCUT2D eigenvalue weighted by atomic mass is 16.5. The maximum absolute atomic E-state index is 12.2. The van der Waals surface area contributed by atoms with Crippen molar-refractivity contribution in [2.45, 2.75) is 32.7 Å². The molecule has 7 heteroatoms. The van der Waals surface area contributed by atoms with Crippen molar-refractivity contribution < 1.29 is 19.0 Å². The Bertz CT molecular complexity index is 977. The van der Waals surface area contributed by atoms with E-state index >= 15 is 0 Å². The highest BCUT2D eigenvalue weighted by Gasteiger charge is 2.15. The van der Waals surface area contributed by atoms with Crippen molar-refractivity contribution in [2.24, 2.45) is 5.73 Å². The van der Waals surface area contributed by atoms with Crippen LogP contribution in [0, 0.1) is 11.3 Å². The van der Waals surface area contributed by atoms with Crippen LogP contribution < -0.4 is 25.3 Å². The summed E-state index contributed by atoms with van der Waals surface area (Å²) in [5.41, 5.74) is 8.87. The predicted molar refractivity (Wildman–Crippen MR) is 121 cm³/mol. The maximum Gasteiger partial charge on any atom is 0.241 e. The number of nitrogens with one attached hydrogen (secondary N) is 1. The molecule has 0 aromatic heterocycles. The zero-order valence-electron chi connectivity index (χ0n) is 18.4. The number of carbonyl (C=O) groups is 1. The minimum absolute atomic E-state index is 0.312. The Morgan fingerprint density at radius 2 is 1.77 bits per heavy atom. The number of carbonyl (C=O) groups excluding carboxylic acids is 1. The van der Waals surface area contributed by atoms with Crippen LogP contribution in [0.3, 0.4) is 0 Å². The minimum Gasteiger partial charge on any atom is -0.495 e. The van der Waals surface area contributed by atoms with Crippen LogP contribution in [0.4, 0.5) is 5.69 Å². The molecule has 2 rings (SSSR count). The van der Waals surface area contributed by atoms with E-state index < -0.39 is 6.04 Å². The molecular formula is C24H29N3O4. The third kappa shape index (κ3) is 6.24. The van der Waals surface area contributed by atoms with E-state index in [2.05, 4.69) is 11.4 Å². The number of anilines is 1. The van der Waals surface area contributed by atoms with Gasteiger partial charge in [0, 0.05) is 6.42 Å². The molecule has 0 aliphatic heterocycles. The Labute approximate surface area is 183 Å². The van der Waals surface area contributed by atoms with E-state index in [9.17, 15) is 4.79 Å². The number of hydrogen-bond donors (Lipinski definition) is 2. The fourth-order valence-electron chi connectivity index (χ4n) is 3.02. The number of nitrogens with two attached hydrogens (primary N) is 1. The van der Waals surface area contributed by atoms with Crippen LogP contribution in [0.25, 0.3) is 5.57 Å². The molecule has 2 aromatic carbocycles. The lowest BCUT2D eigenvalue weighted by molar-refractivity contribution is -0.117. The zero-order valence-corrected chi connectivity index (χ0v) is 18.4. The summed E-state index contributed by atoms with van der Waals surface area (Å²) in [5.74, 6) is 1.49. The van der Waals surface area contributed by atoms with E-state index in [1.54, 1.807) is 20.1 Å². The molecule has 0 radical (unpaired) electrons. The second kappa shape index (κ2) is 11.6. The minimum atomic E-state index is -0.658. The Morgan fingerprint density at radius 1 is 1.13 bits per heavy atom. The van der Waals surface area contributed by atoms with Crippen LogP contribution in [0.5, 0.6) is 17.2 Å². The van der Waals surface area contributed by atoms with Gasteiger partial charge in [0.25, 0.3) is 0 Å². The van der Waals surface area contributed by atoms with Gasteiger partial charge in [-0.15, -0.1) is 0 Å². The van der Waals surface area contributed by atoms with Crippen LogP contribution in [-0.2, 0) is 4.79 Å². The van der Waals surface area contributed by atoms with Gasteiger partial charge in [-0.05, 0) is 61.2 Å².